The molecule has 2 rings (SSSR count). The lowest BCUT2D eigenvalue weighted by molar-refractivity contribution is -0.206. The fraction of sp³-hybridized carbons (Fsp3) is 0.182. The van der Waals surface area contributed by atoms with Crippen LogP contribution in [0.4, 0.5) is 13.2 Å². The smallest absolute Gasteiger partial charge is 0.379 e. The van der Waals surface area contributed by atoms with Gasteiger partial charge in [0.15, 0.2) is 6.10 Å². The molecule has 2 nitrogen and oxygen atoms in total. The van der Waals surface area contributed by atoms with Gasteiger partial charge in [-0.2, -0.15) is 13.2 Å². The number of fused-ring (bicyclic) bond motifs is 1. The number of aliphatic hydroxyl groups is 1. The highest BCUT2D eigenvalue weighted by Crippen LogP contribution is 2.35. The van der Waals surface area contributed by atoms with Gasteiger partial charge < -0.3 is 5.11 Å². The predicted molar refractivity (Wildman–Crippen MR) is 52.8 cm³/mol. The quantitative estimate of drug-likeness (QED) is 0.812. The van der Waals surface area contributed by atoms with E-state index in [0.29, 0.717) is 10.9 Å². The maximum Gasteiger partial charge on any atom is 0.418 e. The fourth-order valence-electron chi connectivity index (χ4n) is 1.53. The fourth-order valence-corrected chi connectivity index (χ4v) is 1.53. The maximum atomic E-state index is 12.4. The molecule has 0 aliphatic carbocycles. The lowest BCUT2D eigenvalue weighted by Gasteiger charge is -2.16. The minimum Gasteiger partial charge on any atom is -0.379 e. The number of hydrogen-bond donors (Lipinski definition) is 1. The zero-order valence-electron chi connectivity index (χ0n) is 8.07. The number of halogens is 3. The average Bonchev–Trinajstić information content (AvgIpc) is 2.26. The molecule has 1 aromatic heterocycles. The molecule has 5 heteroatoms. The summed E-state index contributed by atoms with van der Waals surface area (Å²) in [6.07, 6.45) is -5.88. The number of benzene rings is 1. The summed E-state index contributed by atoms with van der Waals surface area (Å²) in [5, 5.41) is 9.52. The molecule has 1 N–H and O–H groups in total. The molecular weight excluding hydrogens is 219 g/mol. The number of hydrogen-bond acceptors (Lipinski definition) is 2. The second-order valence-corrected chi connectivity index (χ2v) is 3.36. The molecule has 0 spiro atoms. The summed E-state index contributed by atoms with van der Waals surface area (Å²) in [4.78, 5) is 3.93. The Morgan fingerprint density at radius 1 is 1.12 bits per heavy atom. The van der Waals surface area contributed by atoms with E-state index in [-0.39, 0.29) is 5.56 Å². The van der Waals surface area contributed by atoms with Crippen molar-refractivity contribution in [3.63, 3.8) is 0 Å². The van der Waals surface area contributed by atoms with E-state index in [0.717, 1.165) is 0 Å². The molecule has 0 saturated heterocycles. The summed E-state index contributed by atoms with van der Waals surface area (Å²) >= 11 is 0. The minimum absolute atomic E-state index is 0.168. The summed E-state index contributed by atoms with van der Waals surface area (Å²) in [6, 6.07) is 7.57. The van der Waals surface area contributed by atoms with Crippen LogP contribution in [0.5, 0.6) is 0 Å². The third kappa shape index (κ3) is 1.86. The molecule has 0 amide bonds. The van der Waals surface area contributed by atoms with Gasteiger partial charge >= 0.3 is 6.18 Å². The Morgan fingerprint density at radius 3 is 2.50 bits per heavy atom. The number of rotatable bonds is 1. The van der Waals surface area contributed by atoms with Crippen molar-refractivity contribution in [1.29, 1.82) is 0 Å². The highest BCUT2D eigenvalue weighted by atomic mass is 19.4. The van der Waals surface area contributed by atoms with Crippen LogP contribution in [0.15, 0.2) is 36.5 Å². The molecule has 0 fully saturated rings. The maximum absolute atomic E-state index is 12.4. The lowest BCUT2D eigenvalue weighted by Crippen LogP contribution is -2.20. The van der Waals surface area contributed by atoms with Crippen LogP contribution >= 0.6 is 0 Å². The molecule has 0 aliphatic heterocycles. The van der Waals surface area contributed by atoms with Crippen molar-refractivity contribution < 1.29 is 18.3 Å². The summed E-state index contributed by atoms with van der Waals surface area (Å²) in [5.41, 5.74) is 0.265. The van der Waals surface area contributed by atoms with Crippen LogP contribution in [0.1, 0.15) is 11.7 Å². The van der Waals surface area contributed by atoms with E-state index >= 15 is 0 Å². The number of nitrogens with zero attached hydrogens (tertiary/aromatic N) is 1. The summed E-state index contributed by atoms with van der Waals surface area (Å²) in [5.74, 6) is 0. The molecule has 0 aliphatic rings. The van der Waals surface area contributed by atoms with Gasteiger partial charge in [-0.15, -0.1) is 0 Å². The number of aromatic nitrogens is 1. The summed E-state index contributed by atoms with van der Waals surface area (Å²) in [6.45, 7) is 0. The third-order valence-electron chi connectivity index (χ3n) is 2.29. The van der Waals surface area contributed by atoms with Crippen LogP contribution in [0, 0.1) is 0 Å². The van der Waals surface area contributed by atoms with Crippen LogP contribution in [0.25, 0.3) is 10.9 Å². The molecule has 84 valence electrons. The highest BCUT2D eigenvalue weighted by molar-refractivity contribution is 5.82. The first kappa shape index (κ1) is 10.9. The van der Waals surface area contributed by atoms with Gasteiger partial charge in [0, 0.05) is 17.1 Å². The van der Waals surface area contributed by atoms with Gasteiger partial charge in [-0.3, -0.25) is 4.98 Å². The van der Waals surface area contributed by atoms with Crippen molar-refractivity contribution in [2.75, 3.05) is 0 Å². The monoisotopic (exact) mass is 227 g/mol. The van der Waals surface area contributed by atoms with Gasteiger partial charge in [0.25, 0.3) is 0 Å². The first-order valence-corrected chi connectivity index (χ1v) is 4.58. The number of alkyl halides is 3. The zero-order chi connectivity index (χ0) is 11.8. The highest BCUT2D eigenvalue weighted by Gasteiger charge is 2.40. The Kier molecular flexibility index (Phi) is 2.55. The van der Waals surface area contributed by atoms with Gasteiger partial charge in [0.05, 0.1) is 5.52 Å². The largest absolute Gasteiger partial charge is 0.418 e. The molecule has 0 unspecified atom stereocenters. The second kappa shape index (κ2) is 3.75. The van der Waals surface area contributed by atoms with Gasteiger partial charge in [0.1, 0.15) is 0 Å². The van der Waals surface area contributed by atoms with Crippen LogP contribution in [-0.2, 0) is 0 Å². The van der Waals surface area contributed by atoms with Crippen LogP contribution < -0.4 is 0 Å². The molecule has 0 radical (unpaired) electrons. The van der Waals surface area contributed by atoms with E-state index < -0.39 is 12.3 Å². The number of aliphatic hydroxyl groups excluding tert-OH is 1. The van der Waals surface area contributed by atoms with Crippen molar-refractivity contribution >= 4 is 10.9 Å². The Hall–Kier alpha value is -1.62. The first-order chi connectivity index (χ1) is 7.50. The Morgan fingerprint density at radius 2 is 1.81 bits per heavy atom. The average molecular weight is 227 g/mol. The number of pyridine rings is 1. The van der Waals surface area contributed by atoms with Crippen LogP contribution in [0.3, 0.4) is 0 Å². The summed E-state index contributed by atoms with van der Waals surface area (Å²) < 4.78 is 37.2. The Balaban J connectivity index is 2.61. The molecular formula is C11H8F3NO. The van der Waals surface area contributed by atoms with E-state index in [9.17, 15) is 18.3 Å². The van der Waals surface area contributed by atoms with E-state index in [1.165, 1.54) is 18.3 Å². The molecule has 1 aromatic carbocycles. The molecule has 2 aromatic rings. The van der Waals surface area contributed by atoms with E-state index in [1.807, 2.05) is 0 Å². The Labute approximate surface area is 89.4 Å². The first-order valence-electron chi connectivity index (χ1n) is 4.58. The zero-order valence-corrected chi connectivity index (χ0v) is 8.07. The van der Waals surface area contributed by atoms with Crippen molar-refractivity contribution in [2.24, 2.45) is 0 Å². The van der Waals surface area contributed by atoms with Crippen molar-refractivity contribution in [1.82, 2.24) is 4.98 Å². The molecule has 1 heterocycles. The van der Waals surface area contributed by atoms with Gasteiger partial charge in [0.2, 0.25) is 0 Å². The van der Waals surface area contributed by atoms with Crippen molar-refractivity contribution in [2.45, 2.75) is 12.3 Å². The topological polar surface area (TPSA) is 33.1 Å². The van der Waals surface area contributed by atoms with Crippen molar-refractivity contribution in [3.8, 4) is 0 Å². The minimum atomic E-state index is -4.66. The SMILES string of the molecule is O[C@H](c1ccnc2ccccc12)C(F)(F)F. The number of para-hydroxylation sites is 1. The molecule has 0 bridgehead atoms. The van der Waals surface area contributed by atoms with E-state index in [2.05, 4.69) is 4.98 Å². The molecule has 0 saturated carbocycles. The molecule has 16 heavy (non-hydrogen) atoms. The lowest BCUT2D eigenvalue weighted by atomic mass is 10.0. The Bertz CT molecular complexity index is 505. The van der Waals surface area contributed by atoms with Gasteiger partial charge in [-0.05, 0) is 12.1 Å². The summed E-state index contributed by atoms with van der Waals surface area (Å²) in [7, 11) is 0. The normalized spacial score (nSPS) is 14.0. The van der Waals surface area contributed by atoms with E-state index in [1.54, 1.807) is 18.2 Å². The van der Waals surface area contributed by atoms with Gasteiger partial charge in [-0.25, -0.2) is 0 Å². The standard InChI is InChI=1S/C11H8F3NO/c12-11(13,14)10(16)8-5-6-15-9-4-2-1-3-7(8)9/h1-6,10,16H/t10-/m1/s1. The van der Waals surface area contributed by atoms with Crippen LogP contribution in [0.2, 0.25) is 0 Å². The molecule has 1 atom stereocenters. The van der Waals surface area contributed by atoms with Crippen molar-refractivity contribution in [3.05, 3.63) is 42.1 Å². The predicted octanol–water partition coefficient (Wildman–Crippen LogP) is 2.83. The second-order valence-electron chi connectivity index (χ2n) is 3.36. The van der Waals surface area contributed by atoms with Crippen LogP contribution in [-0.4, -0.2) is 16.3 Å². The third-order valence-corrected chi connectivity index (χ3v) is 2.29. The van der Waals surface area contributed by atoms with Gasteiger partial charge in [-0.1, -0.05) is 18.2 Å². The van der Waals surface area contributed by atoms with E-state index in [4.69, 9.17) is 0 Å².